The number of carbonyl (C=O) groups is 2. The molecule has 1 saturated heterocycles. The smallest absolute Gasteiger partial charge is 0.409 e. The second kappa shape index (κ2) is 6.07. The van der Waals surface area contributed by atoms with Gasteiger partial charge in [-0.1, -0.05) is 12.8 Å². The van der Waals surface area contributed by atoms with Gasteiger partial charge in [0, 0.05) is 25.0 Å². The minimum atomic E-state index is -0.287. The van der Waals surface area contributed by atoms with E-state index < -0.39 is 0 Å². The van der Waals surface area contributed by atoms with Crippen molar-refractivity contribution in [3.05, 3.63) is 0 Å². The largest absolute Gasteiger partial charge is 0.453 e. The van der Waals surface area contributed by atoms with Crippen molar-refractivity contribution in [2.24, 2.45) is 5.92 Å². The number of carbonyl (C=O) groups excluding carboxylic acids is 2. The summed E-state index contributed by atoms with van der Waals surface area (Å²) in [7, 11) is 1.39. The monoisotopic (exact) mass is 254 g/mol. The average Bonchev–Trinajstić information content (AvgIpc) is 2.91. The first kappa shape index (κ1) is 13.2. The van der Waals surface area contributed by atoms with Gasteiger partial charge in [0.05, 0.1) is 7.11 Å². The van der Waals surface area contributed by atoms with E-state index in [9.17, 15) is 9.59 Å². The van der Waals surface area contributed by atoms with Crippen LogP contribution in [0.25, 0.3) is 0 Å². The van der Waals surface area contributed by atoms with Crippen molar-refractivity contribution in [1.82, 2.24) is 10.2 Å². The third-order valence-corrected chi connectivity index (χ3v) is 4.00. The molecule has 0 atom stereocenters. The molecular formula is C13H22N2O3. The summed E-state index contributed by atoms with van der Waals surface area (Å²) in [5.74, 6) is 0.234. The van der Waals surface area contributed by atoms with Gasteiger partial charge in [-0.2, -0.15) is 0 Å². The van der Waals surface area contributed by atoms with Crippen LogP contribution in [-0.4, -0.2) is 43.1 Å². The predicted molar refractivity (Wildman–Crippen MR) is 67.1 cm³/mol. The molecule has 5 heteroatoms. The highest BCUT2D eigenvalue weighted by Crippen LogP contribution is 2.21. The number of ether oxygens (including phenoxy) is 1. The second-order valence-corrected chi connectivity index (χ2v) is 5.22. The lowest BCUT2D eigenvalue weighted by Gasteiger charge is -2.30. The van der Waals surface area contributed by atoms with E-state index in [2.05, 4.69) is 10.1 Å². The molecule has 18 heavy (non-hydrogen) atoms. The van der Waals surface area contributed by atoms with Gasteiger partial charge in [0.2, 0.25) is 5.91 Å². The third-order valence-electron chi connectivity index (χ3n) is 4.00. The molecule has 5 nitrogen and oxygen atoms in total. The molecule has 2 aliphatic rings. The molecule has 0 bridgehead atoms. The number of hydrogen-bond acceptors (Lipinski definition) is 3. The molecule has 1 aliphatic carbocycles. The number of methoxy groups -OCH3 is 1. The highest BCUT2D eigenvalue weighted by molar-refractivity contribution is 5.79. The molecular weight excluding hydrogens is 232 g/mol. The molecule has 0 spiro atoms. The Bertz CT molecular complexity index is 305. The van der Waals surface area contributed by atoms with Crippen LogP contribution in [0.15, 0.2) is 0 Å². The summed E-state index contributed by atoms with van der Waals surface area (Å²) in [5.41, 5.74) is 0. The number of hydrogen-bond donors (Lipinski definition) is 1. The summed E-state index contributed by atoms with van der Waals surface area (Å²) >= 11 is 0. The van der Waals surface area contributed by atoms with E-state index in [1.165, 1.54) is 20.0 Å². The number of likely N-dealkylation sites (tertiary alicyclic amines) is 1. The van der Waals surface area contributed by atoms with Gasteiger partial charge < -0.3 is 15.0 Å². The van der Waals surface area contributed by atoms with Crippen molar-refractivity contribution in [1.29, 1.82) is 0 Å². The highest BCUT2D eigenvalue weighted by atomic mass is 16.5. The molecule has 0 unspecified atom stereocenters. The van der Waals surface area contributed by atoms with Gasteiger partial charge in [0.15, 0.2) is 0 Å². The maximum absolute atomic E-state index is 12.1. The Morgan fingerprint density at radius 3 is 2.28 bits per heavy atom. The molecule has 1 N–H and O–H groups in total. The van der Waals surface area contributed by atoms with Gasteiger partial charge in [-0.15, -0.1) is 0 Å². The van der Waals surface area contributed by atoms with Crippen LogP contribution in [-0.2, 0) is 9.53 Å². The normalized spacial score (nSPS) is 21.9. The van der Waals surface area contributed by atoms with E-state index in [4.69, 9.17) is 0 Å². The van der Waals surface area contributed by atoms with E-state index in [0.717, 1.165) is 25.7 Å². The maximum Gasteiger partial charge on any atom is 0.409 e. The van der Waals surface area contributed by atoms with E-state index >= 15 is 0 Å². The molecule has 0 aromatic heterocycles. The summed E-state index contributed by atoms with van der Waals surface area (Å²) in [6, 6.07) is 0.385. The van der Waals surface area contributed by atoms with Crippen molar-refractivity contribution >= 4 is 12.0 Å². The molecule has 2 rings (SSSR count). The first-order valence-electron chi connectivity index (χ1n) is 6.84. The quantitative estimate of drug-likeness (QED) is 0.813. The number of amides is 2. The topological polar surface area (TPSA) is 58.6 Å². The van der Waals surface area contributed by atoms with Gasteiger partial charge >= 0.3 is 6.09 Å². The van der Waals surface area contributed by atoms with Crippen molar-refractivity contribution < 1.29 is 14.3 Å². The van der Waals surface area contributed by atoms with Gasteiger partial charge in [0.1, 0.15) is 0 Å². The molecule has 1 saturated carbocycles. The van der Waals surface area contributed by atoms with Crippen LogP contribution < -0.4 is 5.32 Å². The Morgan fingerprint density at radius 1 is 1.11 bits per heavy atom. The van der Waals surface area contributed by atoms with E-state index in [1.54, 1.807) is 4.90 Å². The Labute approximate surface area is 108 Å². The summed E-state index contributed by atoms with van der Waals surface area (Å²) in [5, 5.41) is 3.13. The highest BCUT2D eigenvalue weighted by Gasteiger charge is 2.29. The molecule has 2 amide bonds. The van der Waals surface area contributed by atoms with Crippen molar-refractivity contribution in [2.45, 2.75) is 44.6 Å². The lowest BCUT2D eigenvalue weighted by atomic mass is 9.96. The Kier molecular flexibility index (Phi) is 4.44. The molecule has 1 heterocycles. The first-order chi connectivity index (χ1) is 8.70. The Hall–Kier alpha value is -1.26. The number of nitrogens with one attached hydrogen (secondary N) is 1. The van der Waals surface area contributed by atoms with Crippen molar-refractivity contribution in [2.75, 3.05) is 20.2 Å². The second-order valence-electron chi connectivity index (χ2n) is 5.22. The molecule has 0 radical (unpaired) electrons. The average molecular weight is 254 g/mol. The minimum absolute atomic E-state index is 0.0616. The Morgan fingerprint density at radius 2 is 1.72 bits per heavy atom. The Balaban J connectivity index is 1.74. The maximum atomic E-state index is 12.1. The third kappa shape index (κ3) is 3.15. The van der Waals surface area contributed by atoms with Crippen LogP contribution >= 0.6 is 0 Å². The van der Waals surface area contributed by atoms with Gasteiger partial charge in [0.25, 0.3) is 0 Å². The van der Waals surface area contributed by atoms with Gasteiger partial charge in [-0.25, -0.2) is 4.79 Å². The molecule has 1 aliphatic heterocycles. The zero-order chi connectivity index (χ0) is 13.0. The fraction of sp³-hybridized carbons (Fsp3) is 0.846. The minimum Gasteiger partial charge on any atom is -0.453 e. The van der Waals surface area contributed by atoms with Gasteiger partial charge in [-0.3, -0.25) is 4.79 Å². The summed E-state index contributed by atoms with van der Waals surface area (Å²) in [6.07, 6.45) is 5.89. The number of piperidine rings is 1. The van der Waals surface area contributed by atoms with Crippen LogP contribution in [0.3, 0.4) is 0 Å². The standard InChI is InChI=1S/C13H22N2O3/c1-18-13(17)15-8-6-10(7-9-15)12(16)14-11-4-2-3-5-11/h10-11H,2-9H2,1H3,(H,14,16). The summed E-state index contributed by atoms with van der Waals surface area (Å²) < 4.78 is 4.68. The predicted octanol–water partition coefficient (Wildman–Crippen LogP) is 1.52. The molecule has 0 aromatic carbocycles. The van der Waals surface area contributed by atoms with Crippen LogP contribution in [0.4, 0.5) is 4.79 Å². The van der Waals surface area contributed by atoms with E-state index in [-0.39, 0.29) is 17.9 Å². The summed E-state index contributed by atoms with van der Waals surface area (Å²) in [4.78, 5) is 25.0. The molecule has 2 fully saturated rings. The SMILES string of the molecule is COC(=O)N1CCC(C(=O)NC2CCCC2)CC1. The zero-order valence-corrected chi connectivity index (χ0v) is 11.0. The molecule has 0 aromatic rings. The van der Waals surface area contributed by atoms with Crippen LogP contribution in [0.1, 0.15) is 38.5 Å². The van der Waals surface area contributed by atoms with Crippen LogP contribution in [0, 0.1) is 5.92 Å². The van der Waals surface area contributed by atoms with Crippen LogP contribution in [0.2, 0.25) is 0 Å². The number of nitrogens with zero attached hydrogens (tertiary/aromatic N) is 1. The number of rotatable bonds is 2. The van der Waals surface area contributed by atoms with E-state index in [0.29, 0.717) is 19.1 Å². The fourth-order valence-corrected chi connectivity index (χ4v) is 2.84. The van der Waals surface area contributed by atoms with Crippen molar-refractivity contribution in [3.63, 3.8) is 0 Å². The summed E-state index contributed by atoms with van der Waals surface area (Å²) in [6.45, 7) is 1.24. The fourth-order valence-electron chi connectivity index (χ4n) is 2.84. The zero-order valence-electron chi connectivity index (χ0n) is 11.0. The first-order valence-corrected chi connectivity index (χ1v) is 6.84. The lowest BCUT2D eigenvalue weighted by molar-refractivity contribution is -0.127. The van der Waals surface area contributed by atoms with Gasteiger partial charge in [-0.05, 0) is 25.7 Å². The van der Waals surface area contributed by atoms with E-state index in [1.807, 2.05) is 0 Å². The van der Waals surface area contributed by atoms with Crippen LogP contribution in [0.5, 0.6) is 0 Å². The van der Waals surface area contributed by atoms with Crippen molar-refractivity contribution in [3.8, 4) is 0 Å². The molecule has 102 valence electrons. The lowest BCUT2D eigenvalue weighted by Crippen LogP contribution is -2.44.